The second-order valence-corrected chi connectivity index (χ2v) is 8.12. The molecule has 0 aromatic heterocycles. The third-order valence-corrected chi connectivity index (χ3v) is 6.03. The van der Waals surface area contributed by atoms with Gasteiger partial charge in [0.1, 0.15) is 0 Å². The van der Waals surface area contributed by atoms with E-state index in [1.807, 2.05) is 12.1 Å². The molecule has 0 atom stereocenters. The third-order valence-electron chi connectivity index (χ3n) is 5.17. The number of thioether (sulfide) groups is 1. The molecule has 9 nitrogen and oxygen atoms in total. The number of benzene rings is 1. The third kappa shape index (κ3) is 5.01. The summed E-state index contributed by atoms with van der Waals surface area (Å²) in [6.45, 7) is 5.38. The highest BCUT2D eigenvalue weighted by atomic mass is 32.2. The van der Waals surface area contributed by atoms with E-state index in [1.54, 1.807) is 0 Å². The maximum Gasteiger partial charge on any atom is 0.288 e. The van der Waals surface area contributed by atoms with Crippen LogP contribution in [0.4, 0.5) is 4.79 Å². The van der Waals surface area contributed by atoms with Crippen LogP contribution in [0.25, 0.3) is 0 Å². The number of nitrogens with zero attached hydrogens (tertiary/aromatic N) is 3. The van der Waals surface area contributed by atoms with Crippen LogP contribution in [0, 0.1) is 0 Å². The number of nitrogens with one attached hydrogen (secondary N) is 1. The van der Waals surface area contributed by atoms with Crippen molar-refractivity contribution in [3.05, 3.63) is 23.8 Å². The number of fused-ring (bicyclic) bond motifs is 1. The van der Waals surface area contributed by atoms with E-state index in [0.29, 0.717) is 13.1 Å². The molecule has 2 fully saturated rings. The molecule has 4 rings (SSSR count). The number of ether oxygens (including phenoxy) is 2. The lowest BCUT2D eigenvalue weighted by molar-refractivity contribution is -0.126. The maximum atomic E-state index is 12.1. The summed E-state index contributed by atoms with van der Waals surface area (Å²) in [7, 11) is 0. The average molecular weight is 420 g/mol. The lowest BCUT2D eigenvalue weighted by Crippen LogP contribution is -2.49. The summed E-state index contributed by atoms with van der Waals surface area (Å²) in [5, 5.41) is 2.56. The number of piperazine rings is 1. The summed E-state index contributed by atoms with van der Waals surface area (Å²) < 4.78 is 10.8. The lowest BCUT2D eigenvalue weighted by atomic mass is 10.1. The SMILES string of the molecule is O=C(CN1CCN(Cc2ccc3c(c2)OCO3)CC1)NCCN1C(=O)CSC1=O. The van der Waals surface area contributed by atoms with Gasteiger partial charge in [0.15, 0.2) is 11.5 Å². The smallest absolute Gasteiger partial charge is 0.288 e. The first-order valence-electron chi connectivity index (χ1n) is 9.65. The normalized spacial score (nSPS) is 19.8. The summed E-state index contributed by atoms with van der Waals surface area (Å²) in [6, 6.07) is 6.03. The Morgan fingerprint density at radius 1 is 1.07 bits per heavy atom. The summed E-state index contributed by atoms with van der Waals surface area (Å²) in [5.74, 6) is 1.52. The Kier molecular flexibility index (Phi) is 6.22. The van der Waals surface area contributed by atoms with Gasteiger partial charge in [-0.2, -0.15) is 0 Å². The van der Waals surface area contributed by atoms with Gasteiger partial charge >= 0.3 is 0 Å². The standard InChI is InChI=1S/C19H24N4O5S/c24-17(20-3-4-23-18(25)12-29-19(23)26)11-22-7-5-21(6-8-22)10-14-1-2-15-16(9-14)28-13-27-15/h1-2,9H,3-8,10-13H2,(H,20,24). The number of carbonyl (C=O) groups is 3. The van der Waals surface area contributed by atoms with Crippen LogP contribution >= 0.6 is 11.8 Å². The highest BCUT2D eigenvalue weighted by Gasteiger charge is 2.29. The zero-order valence-electron chi connectivity index (χ0n) is 16.1. The van der Waals surface area contributed by atoms with Gasteiger partial charge in [-0.1, -0.05) is 17.8 Å². The van der Waals surface area contributed by atoms with Gasteiger partial charge in [0.2, 0.25) is 18.6 Å². The summed E-state index contributed by atoms with van der Waals surface area (Å²) in [4.78, 5) is 40.9. The van der Waals surface area contributed by atoms with Crippen molar-refractivity contribution in [1.82, 2.24) is 20.0 Å². The summed E-state index contributed by atoms with van der Waals surface area (Å²) in [6.07, 6.45) is 0. The van der Waals surface area contributed by atoms with Gasteiger partial charge in [-0.3, -0.25) is 29.1 Å². The van der Waals surface area contributed by atoms with E-state index in [4.69, 9.17) is 9.47 Å². The molecule has 0 bridgehead atoms. The molecule has 0 aliphatic carbocycles. The number of imide groups is 1. The monoisotopic (exact) mass is 420 g/mol. The average Bonchev–Trinajstić information content (AvgIpc) is 3.30. The second-order valence-electron chi connectivity index (χ2n) is 7.19. The van der Waals surface area contributed by atoms with Gasteiger partial charge in [-0.05, 0) is 17.7 Å². The van der Waals surface area contributed by atoms with E-state index in [9.17, 15) is 14.4 Å². The van der Waals surface area contributed by atoms with Crippen molar-refractivity contribution in [2.45, 2.75) is 6.54 Å². The van der Waals surface area contributed by atoms with E-state index in [0.717, 1.165) is 56.0 Å². The van der Waals surface area contributed by atoms with Gasteiger partial charge in [0.25, 0.3) is 5.24 Å². The first kappa shape index (κ1) is 20.0. The first-order chi connectivity index (χ1) is 14.1. The first-order valence-corrected chi connectivity index (χ1v) is 10.6. The molecule has 3 aliphatic rings. The molecular formula is C19H24N4O5S. The van der Waals surface area contributed by atoms with Crippen molar-refractivity contribution in [3.63, 3.8) is 0 Å². The van der Waals surface area contributed by atoms with Crippen LogP contribution in [0.3, 0.4) is 0 Å². The molecular weight excluding hydrogens is 396 g/mol. The molecule has 1 aromatic carbocycles. The maximum absolute atomic E-state index is 12.1. The van der Waals surface area contributed by atoms with E-state index in [2.05, 4.69) is 21.2 Å². The van der Waals surface area contributed by atoms with Gasteiger partial charge in [-0.15, -0.1) is 0 Å². The number of hydrogen-bond acceptors (Lipinski definition) is 8. The molecule has 0 spiro atoms. The van der Waals surface area contributed by atoms with Crippen molar-refractivity contribution in [1.29, 1.82) is 0 Å². The predicted octanol–water partition coefficient (Wildman–Crippen LogP) is 0.345. The number of carbonyl (C=O) groups excluding carboxylic acids is 3. The molecule has 3 amide bonds. The van der Waals surface area contributed by atoms with E-state index in [-0.39, 0.29) is 36.1 Å². The van der Waals surface area contributed by atoms with Crippen LogP contribution in [-0.2, 0) is 16.1 Å². The highest BCUT2D eigenvalue weighted by Crippen LogP contribution is 2.32. The molecule has 0 radical (unpaired) electrons. The van der Waals surface area contributed by atoms with Crippen LogP contribution in [0.1, 0.15) is 5.56 Å². The fourth-order valence-corrected chi connectivity index (χ4v) is 4.32. The topological polar surface area (TPSA) is 91.4 Å². The van der Waals surface area contributed by atoms with Crippen LogP contribution in [0.5, 0.6) is 11.5 Å². The van der Waals surface area contributed by atoms with Crippen LogP contribution in [-0.4, -0.2) is 90.1 Å². The largest absolute Gasteiger partial charge is 0.454 e. The van der Waals surface area contributed by atoms with Crippen LogP contribution in [0.15, 0.2) is 18.2 Å². The molecule has 1 aromatic rings. The Hall–Kier alpha value is -2.30. The lowest BCUT2D eigenvalue weighted by Gasteiger charge is -2.34. The molecule has 3 aliphatic heterocycles. The van der Waals surface area contributed by atoms with Crippen LogP contribution < -0.4 is 14.8 Å². The van der Waals surface area contributed by atoms with Gasteiger partial charge in [-0.25, -0.2) is 0 Å². The van der Waals surface area contributed by atoms with E-state index < -0.39 is 0 Å². The Morgan fingerprint density at radius 2 is 1.83 bits per heavy atom. The number of rotatable bonds is 7. The zero-order chi connectivity index (χ0) is 20.2. The Bertz CT molecular complexity index is 781. The minimum absolute atomic E-state index is 0.0824. The number of amides is 3. The fraction of sp³-hybridized carbons (Fsp3) is 0.526. The highest BCUT2D eigenvalue weighted by molar-refractivity contribution is 8.14. The van der Waals surface area contributed by atoms with Gasteiger partial charge in [0.05, 0.1) is 12.3 Å². The van der Waals surface area contributed by atoms with Crippen molar-refractivity contribution in [2.75, 3.05) is 58.4 Å². The summed E-state index contributed by atoms with van der Waals surface area (Å²) >= 11 is 1.01. The zero-order valence-corrected chi connectivity index (χ0v) is 16.9. The quantitative estimate of drug-likeness (QED) is 0.676. The molecule has 2 saturated heterocycles. The number of hydrogen-bond donors (Lipinski definition) is 1. The molecule has 29 heavy (non-hydrogen) atoms. The van der Waals surface area contributed by atoms with Gasteiger partial charge < -0.3 is 14.8 Å². The molecule has 0 unspecified atom stereocenters. The Labute approximate surface area is 173 Å². The van der Waals surface area contributed by atoms with Crippen molar-refractivity contribution < 1.29 is 23.9 Å². The van der Waals surface area contributed by atoms with Crippen LogP contribution in [0.2, 0.25) is 0 Å². The van der Waals surface area contributed by atoms with Crippen molar-refractivity contribution >= 4 is 28.8 Å². The molecule has 1 N–H and O–H groups in total. The molecule has 156 valence electrons. The van der Waals surface area contributed by atoms with E-state index >= 15 is 0 Å². The van der Waals surface area contributed by atoms with Gasteiger partial charge in [0, 0.05) is 45.8 Å². The molecule has 3 heterocycles. The van der Waals surface area contributed by atoms with Crippen molar-refractivity contribution in [3.8, 4) is 11.5 Å². The molecule has 10 heteroatoms. The Morgan fingerprint density at radius 3 is 2.59 bits per heavy atom. The van der Waals surface area contributed by atoms with E-state index in [1.165, 1.54) is 10.5 Å². The summed E-state index contributed by atoms with van der Waals surface area (Å²) in [5.41, 5.74) is 1.18. The van der Waals surface area contributed by atoms with Crippen molar-refractivity contribution in [2.24, 2.45) is 0 Å². The fourth-order valence-electron chi connectivity index (χ4n) is 3.57. The predicted molar refractivity (Wildman–Crippen MR) is 107 cm³/mol. The minimum Gasteiger partial charge on any atom is -0.454 e. The second kappa shape index (κ2) is 9.02. The minimum atomic E-state index is -0.233. The molecule has 0 saturated carbocycles. The Balaban J connectivity index is 1.15.